The van der Waals surface area contributed by atoms with Crippen LogP contribution in [0, 0.1) is 24.2 Å². The molecule has 196 valence electrons. The summed E-state index contributed by atoms with van der Waals surface area (Å²) in [4.78, 5) is 30.6. The van der Waals surface area contributed by atoms with Gasteiger partial charge in [-0.15, -0.1) is 11.3 Å². The third-order valence-electron chi connectivity index (χ3n) is 7.66. The lowest BCUT2D eigenvalue weighted by molar-refractivity contribution is -0.154. The van der Waals surface area contributed by atoms with Crippen LogP contribution in [0.1, 0.15) is 83.8 Å². The maximum Gasteiger partial charge on any atom is 0.309 e. The number of ketones is 1. The van der Waals surface area contributed by atoms with E-state index in [2.05, 4.69) is 4.98 Å². The molecule has 3 heterocycles. The van der Waals surface area contributed by atoms with Crippen LogP contribution >= 0.6 is 11.3 Å². The smallest absolute Gasteiger partial charge is 0.309 e. The monoisotopic (exact) mass is 507 g/mol. The first kappa shape index (κ1) is 28.0. The highest BCUT2D eigenvalue weighted by atomic mass is 32.1. The van der Waals surface area contributed by atoms with Gasteiger partial charge in [-0.3, -0.25) is 9.59 Å². The molecule has 0 bridgehead atoms. The number of aryl methyl sites for hydroxylation is 1. The number of thiazole rings is 1. The molecule has 0 spiro atoms. The molecule has 3 rings (SSSR count). The predicted molar refractivity (Wildman–Crippen MR) is 136 cm³/mol. The van der Waals surface area contributed by atoms with Crippen LogP contribution in [0.25, 0.3) is 6.08 Å². The molecule has 1 aromatic heterocycles. The molecule has 8 heteroatoms. The molecule has 0 aromatic carbocycles. The molecule has 2 fully saturated rings. The number of fused-ring (bicyclic) bond motifs is 1. The topological polar surface area (TPSA) is 109 Å². The van der Waals surface area contributed by atoms with Crippen molar-refractivity contribution in [3.05, 3.63) is 21.7 Å². The summed E-state index contributed by atoms with van der Waals surface area (Å²) < 4.78 is 11.7. The second kappa shape index (κ2) is 11.6. The fraction of sp³-hybridized carbons (Fsp3) is 0.741. The molecular weight excluding hydrogens is 466 g/mol. The van der Waals surface area contributed by atoms with Crippen molar-refractivity contribution in [1.82, 2.24) is 4.98 Å². The zero-order chi connectivity index (χ0) is 25.9. The molecule has 1 aromatic rings. The number of aromatic nitrogens is 1. The van der Waals surface area contributed by atoms with Crippen molar-refractivity contribution in [3.8, 4) is 0 Å². The summed E-state index contributed by atoms with van der Waals surface area (Å²) in [5.41, 5.74) is 0.494. The number of cyclic esters (lactones) is 1. The van der Waals surface area contributed by atoms with Gasteiger partial charge in [-0.25, -0.2) is 4.98 Å². The van der Waals surface area contributed by atoms with Crippen molar-refractivity contribution in [3.63, 3.8) is 0 Å². The molecule has 2 aliphatic heterocycles. The van der Waals surface area contributed by atoms with Gasteiger partial charge in [0.2, 0.25) is 0 Å². The molecule has 2 aliphatic rings. The SMILES string of the molecule is C/C(=C\c1csc(C)n1)[C@H]1C[C@H]2O[C@H]2CCCC[C@@H](C)[C@@H](O)[C@@H](C)C(=O)C(C)(C)[C@@H](O)CC(=O)O1. The summed E-state index contributed by atoms with van der Waals surface area (Å²) in [6.45, 7) is 10.8. The fourth-order valence-corrected chi connectivity index (χ4v) is 5.52. The zero-order valence-corrected chi connectivity index (χ0v) is 22.6. The summed E-state index contributed by atoms with van der Waals surface area (Å²) in [5, 5.41) is 24.6. The lowest BCUT2D eigenvalue weighted by Gasteiger charge is -2.34. The van der Waals surface area contributed by atoms with Gasteiger partial charge in [-0.2, -0.15) is 0 Å². The second-order valence-corrected chi connectivity index (χ2v) is 12.0. The third kappa shape index (κ3) is 7.21. The molecule has 0 amide bonds. The van der Waals surface area contributed by atoms with E-state index in [1.54, 1.807) is 32.1 Å². The predicted octanol–water partition coefficient (Wildman–Crippen LogP) is 4.48. The van der Waals surface area contributed by atoms with Crippen molar-refractivity contribution in [2.45, 2.75) is 111 Å². The molecular formula is C27H41NO6S. The van der Waals surface area contributed by atoms with Crippen LogP contribution in [0.2, 0.25) is 0 Å². The Labute approximate surface area is 212 Å². The lowest BCUT2D eigenvalue weighted by Crippen LogP contribution is -2.45. The molecule has 2 N–H and O–H groups in total. The van der Waals surface area contributed by atoms with Crippen molar-refractivity contribution in [2.75, 3.05) is 0 Å². The Kier molecular flexibility index (Phi) is 9.29. The Balaban J connectivity index is 1.80. The Morgan fingerprint density at radius 3 is 2.51 bits per heavy atom. The van der Waals surface area contributed by atoms with Crippen LogP contribution in [-0.4, -0.2) is 57.5 Å². The van der Waals surface area contributed by atoms with Gasteiger partial charge >= 0.3 is 5.97 Å². The molecule has 0 aliphatic carbocycles. The van der Waals surface area contributed by atoms with Crippen molar-refractivity contribution < 1.29 is 29.3 Å². The average Bonchev–Trinajstić information content (AvgIpc) is 3.41. The van der Waals surface area contributed by atoms with Gasteiger partial charge in [0, 0.05) is 17.7 Å². The summed E-state index contributed by atoms with van der Waals surface area (Å²) in [7, 11) is 0. The van der Waals surface area contributed by atoms with Gasteiger partial charge in [0.1, 0.15) is 11.9 Å². The first-order valence-electron chi connectivity index (χ1n) is 12.8. The quantitative estimate of drug-likeness (QED) is 0.449. The number of nitrogens with zero attached hydrogens (tertiary/aromatic N) is 1. The number of esters is 1. The van der Waals surface area contributed by atoms with Crippen LogP contribution in [-0.2, 0) is 19.1 Å². The Bertz CT molecular complexity index is 925. The first-order chi connectivity index (χ1) is 16.4. The number of Topliss-reactive ketones (excluding diaryl/α,β-unsaturated/α-hetero) is 1. The summed E-state index contributed by atoms with van der Waals surface area (Å²) in [6, 6.07) is 0. The van der Waals surface area contributed by atoms with Crippen LogP contribution in [0.5, 0.6) is 0 Å². The standard InChI is InChI=1S/C27H41NO6S/c1-15-9-7-8-10-20-22(33-20)12-21(16(2)11-19-14-35-18(4)28-19)34-24(30)13-23(29)27(5,6)26(32)17(3)25(15)31/h11,14-15,17,20-23,25,29,31H,7-10,12-13H2,1-6H3/b16-11+/t15-,17-,20+,21-,22-,23+,25-/m1/s1. The Morgan fingerprint density at radius 2 is 1.86 bits per heavy atom. The molecule has 0 saturated carbocycles. The average molecular weight is 508 g/mol. The number of hydrogen-bond acceptors (Lipinski definition) is 8. The highest BCUT2D eigenvalue weighted by Gasteiger charge is 2.44. The molecule has 7 nitrogen and oxygen atoms in total. The van der Waals surface area contributed by atoms with Crippen LogP contribution < -0.4 is 0 Å². The maximum atomic E-state index is 13.2. The number of epoxide rings is 1. The molecule has 35 heavy (non-hydrogen) atoms. The summed E-state index contributed by atoms with van der Waals surface area (Å²) >= 11 is 1.56. The number of ether oxygens (including phenoxy) is 2. The van der Waals surface area contributed by atoms with Gasteiger partial charge in [0.15, 0.2) is 0 Å². The minimum Gasteiger partial charge on any atom is -0.458 e. The van der Waals surface area contributed by atoms with E-state index in [9.17, 15) is 19.8 Å². The molecule has 0 unspecified atom stereocenters. The third-order valence-corrected chi connectivity index (χ3v) is 8.45. The molecule has 2 saturated heterocycles. The number of carbonyl (C=O) groups excluding carboxylic acids is 2. The van der Waals surface area contributed by atoms with Gasteiger partial charge in [-0.05, 0) is 44.3 Å². The van der Waals surface area contributed by atoms with Gasteiger partial charge in [-0.1, -0.05) is 40.5 Å². The van der Waals surface area contributed by atoms with Crippen LogP contribution in [0.15, 0.2) is 11.0 Å². The number of rotatable bonds is 2. The van der Waals surface area contributed by atoms with Crippen molar-refractivity contribution in [1.29, 1.82) is 0 Å². The van der Waals surface area contributed by atoms with Gasteiger partial charge in [0.25, 0.3) is 0 Å². The van der Waals surface area contributed by atoms with E-state index in [-0.39, 0.29) is 30.3 Å². The zero-order valence-electron chi connectivity index (χ0n) is 21.8. The minimum absolute atomic E-state index is 0.0231. The first-order valence-corrected chi connectivity index (χ1v) is 13.6. The lowest BCUT2D eigenvalue weighted by atomic mass is 9.73. The largest absolute Gasteiger partial charge is 0.458 e. The normalized spacial score (nSPS) is 35.7. The number of aliphatic hydroxyl groups is 2. The second-order valence-electron chi connectivity index (χ2n) is 11.0. The molecule has 0 radical (unpaired) electrons. The summed E-state index contributed by atoms with van der Waals surface area (Å²) in [6.07, 6.45) is 3.48. The fourth-order valence-electron chi connectivity index (χ4n) is 4.95. The van der Waals surface area contributed by atoms with Crippen LogP contribution in [0.4, 0.5) is 0 Å². The van der Waals surface area contributed by atoms with E-state index >= 15 is 0 Å². The van der Waals surface area contributed by atoms with Gasteiger partial charge in [0.05, 0.1) is 47.0 Å². The minimum atomic E-state index is -1.22. The molecule has 7 atom stereocenters. The van der Waals surface area contributed by atoms with E-state index in [0.717, 1.165) is 42.0 Å². The maximum absolute atomic E-state index is 13.2. The highest BCUT2D eigenvalue weighted by molar-refractivity contribution is 7.09. The van der Waals surface area contributed by atoms with E-state index in [1.807, 2.05) is 32.2 Å². The Morgan fingerprint density at radius 1 is 1.17 bits per heavy atom. The van der Waals surface area contributed by atoms with E-state index < -0.39 is 35.6 Å². The number of carbonyl (C=O) groups is 2. The van der Waals surface area contributed by atoms with E-state index in [1.165, 1.54) is 0 Å². The van der Waals surface area contributed by atoms with Gasteiger partial charge < -0.3 is 19.7 Å². The summed E-state index contributed by atoms with van der Waals surface area (Å²) in [5.74, 6) is -1.49. The van der Waals surface area contributed by atoms with E-state index in [0.29, 0.717) is 6.42 Å². The van der Waals surface area contributed by atoms with Crippen LogP contribution in [0.3, 0.4) is 0 Å². The number of hydrogen-bond donors (Lipinski definition) is 2. The highest BCUT2D eigenvalue weighted by Crippen LogP contribution is 2.36. The van der Waals surface area contributed by atoms with Crippen molar-refractivity contribution in [2.24, 2.45) is 17.3 Å². The Hall–Kier alpha value is -1.61. The van der Waals surface area contributed by atoms with Crippen molar-refractivity contribution >= 4 is 29.2 Å². The number of aliphatic hydroxyl groups excluding tert-OH is 2. The van der Waals surface area contributed by atoms with E-state index in [4.69, 9.17) is 9.47 Å².